The Balaban J connectivity index is 2.04. The first kappa shape index (κ1) is 16.2. The summed E-state index contributed by atoms with van der Waals surface area (Å²) in [6.07, 6.45) is 3.08. The highest BCUT2D eigenvalue weighted by Gasteiger charge is 2.09. The minimum Gasteiger partial charge on any atom is -0.497 e. The van der Waals surface area contributed by atoms with E-state index in [0.29, 0.717) is 11.3 Å². The first-order chi connectivity index (χ1) is 11.0. The van der Waals surface area contributed by atoms with Crippen LogP contribution < -0.4 is 10.1 Å². The topological polar surface area (TPSA) is 81.5 Å². The first-order valence-corrected chi connectivity index (χ1v) is 6.88. The molecule has 0 heterocycles. The van der Waals surface area contributed by atoms with Gasteiger partial charge in [-0.1, -0.05) is 12.1 Å². The molecule has 0 unspecified atom stereocenters. The van der Waals surface area contributed by atoms with E-state index in [0.717, 1.165) is 11.3 Å². The predicted molar refractivity (Wildman–Crippen MR) is 88.5 cm³/mol. The van der Waals surface area contributed by atoms with Gasteiger partial charge in [0.2, 0.25) is 5.91 Å². The molecule has 1 amide bonds. The van der Waals surface area contributed by atoms with Crippen LogP contribution in [0.4, 0.5) is 11.4 Å². The molecular weight excluding hydrogens is 296 g/mol. The quantitative estimate of drug-likeness (QED) is 0.520. The van der Waals surface area contributed by atoms with E-state index in [1.807, 2.05) is 12.1 Å². The second-order valence-electron chi connectivity index (χ2n) is 4.85. The molecule has 2 aromatic rings. The number of methoxy groups -OCH3 is 1. The molecule has 23 heavy (non-hydrogen) atoms. The molecule has 2 rings (SSSR count). The van der Waals surface area contributed by atoms with Crippen LogP contribution >= 0.6 is 0 Å². The van der Waals surface area contributed by atoms with Crippen molar-refractivity contribution in [1.82, 2.24) is 0 Å². The lowest BCUT2D eigenvalue weighted by molar-refractivity contribution is -0.384. The van der Waals surface area contributed by atoms with E-state index < -0.39 is 4.92 Å². The van der Waals surface area contributed by atoms with Crippen LogP contribution in [-0.2, 0) is 4.79 Å². The van der Waals surface area contributed by atoms with Gasteiger partial charge in [-0.15, -0.1) is 0 Å². The molecule has 0 radical (unpaired) electrons. The van der Waals surface area contributed by atoms with Gasteiger partial charge in [0.25, 0.3) is 5.69 Å². The number of rotatable bonds is 5. The number of non-ortho nitro benzene ring substituents is 1. The number of hydrogen-bond donors (Lipinski definition) is 1. The molecule has 0 spiro atoms. The summed E-state index contributed by atoms with van der Waals surface area (Å²) in [5, 5.41) is 13.4. The predicted octanol–water partition coefficient (Wildman–Crippen LogP) is 3.56. The molecule has 6 nitrogen and oxygen atoms in total. The van der Waals surface area contributed by atoms with E-state index in [1.54, 1.807) is 32.2 Å². The van der Waals surface area contributed by atoms with Crippen LogP contribution in [-0.4, -0.2) is 17.9 Å². The van der Waals surface area contributed by atoms with Crippen molar-refractivity contribution in [2.75, 3.05) is 12.4 Å². The lowest BCUT2D eigenvalue weighted by atomic mass is 10.1. The SMILES string of the molecule is COc1ccc(/C=C/C(=O)Nc2ccc([N+](=O)[O-])cc2C)cc1. The number of nitrogens with one attached hydrogen (secondary N) is 1. The number of nitro groups is 1. The van der Waals surface area contributed by atoms with Crippen molar-refractivity contribution in [3.05, 3.63) is 69.8 Å². The van der Waals surface area contributed by atoms with E-state index in [1.165, 1.54) is 24.3 Å². The van der Waals surface area contributed by atoms with E-state index >= 15 is 0 Å². The summed E-state index contributed by atoms with van der Waals surface area (Å²) in [5.41, 5.74) is 2.03. The van der Waals surface area contributed by atoms with Crippen molar-refractivity contribution in [2.24, 2.45) is 0 Å². The third-order valence-electron chi connectivity index (χ3n) is 3.22. The van der Waals surface area contributed by atoms with E-state index in [4.69, 9.17) is 4.74 Å². The zero-order valence-corrected chi connectivity index (χ0v) is 12.8. The number of carbonyl (C=O) groups is 1. The number of nitrogens with zero attached hydrogens (tertiary/aromatic N) is 1. The highest BCUT2D eigenvalue weighted by Crippen LogP contribution is 2.21. The van der Waals surface area contributed by atoms with Crippen LogP contribution in [0.15, 0.2) is 48.5 Å². The van der Waals surface area contributed by atoms with Gasteiger partial charge in [0.1, 0.15) is 5.75 Å². The van der Waals surface area contributed by atoms with Gasteiger partial charge in [-0.25, -0.2) is 0 Å². The summed E-state index contributed by atoms with van der Waals surface area (Å²) in [7, 11) is 1.59. The lowest BCUT2D eigenvalue weighted by Gasteiger charge is -2.06. The number of benzene rings is 2. The number of aryl methyl sites for hydroxylation is 1. The summed E-state index contributed by atoms with van der Waals surface area (Å²) in [5.74, 6) is 0.436. The number of ether oxygens (including phenoxy) is 1. The number of hydrogen-bond acceptors (Lipinski definition) is 4. The van der Waals surface area contributed by atoms with Crippen LogP contribution in [0.2, 0.25) is 0 Å². The van der Waals surface area contributed by atoms with Gasteiger partial charge in [0, 0.05) is 23.9 Å². The summed E-state index contributed by atoms with van der Waals surface area (Å²) < 4.78 is 5.06. The largest absolute Gasteiger partial charge is 0.497 e. The molecular formula is C17H16N2O4. The number of amides is 1. The van der Waals surface area contributed by atoms with Gasteiger partial charge >= 0.3 is 0 Å². The molecule has 0 aliphatic carbocycles. The van der Waals surface area contributed by atoms with Gasteiger partial charge in [-0.3, -0.25) is 14.9 Å². The van der Waals surface area contributed by atoms with Crippen molar-refractivity contribution in [3.8, 4) is 5.75 Å². The first-order valence-electron chi connectivity index (χ1n) is 6.88. The van der Waals surface area contributed by atoms with Crippen molar-refractivity contribution < 1.29 is 14.5 Å². The second-order valence-corrected chi connectivity index (χ2v) is 4.85. The second kappa shape index (κ2) is 7.22. The lowest BCUT2D eigenvalue weighted by Crippen LogP contribution is -2.09. The Morgan fingerprint density at radius 2 is 1.91 bits per heavy atom. The van der Waals surface area contributed by atoms with Crippen LogP contribution in [0.3, 0.4) is 0 Å². The Labute approximate surface area is 133 Å². The summed E-state index contributed by atoms with van der Waals surface area (Å²) in [6, 6.07) is 11.6. The fourth-order valence-electron chi connectivity index (χ4n) is 1.96. The average molecular weight is 312 g/mol. The van der Waals surface area contributed by atoms with E-state index in [-0.39, 0.29) is 11.6 Å². The Bertz CT molecular complexity index is 752. The number of nitro benzene ring substituents is 1. The summed E-state index contributed by atoms with van der Waals surface area (Å²) in [4.78, 5) is 22.1. The normalized spacial score (nSPS) is 10.5. The van der Waals surface area contributed by atoms with Gasteiger partial charge in [-0.05, 0) is 42.3 Å². The maximum absolute atomic E-state index is 11.9. The van der Waals surface area contributed by atoms with Crippen LogP contribution in [0, 0.1) is 17.0 Å². The van der Waals surface area contributed by atoms with Crippen molar-refractivity contribution in [1.29, 1.82) is 0 Å². The Kier molecular flexibility index (Phi) is 5.09. The van der Waals surface area contributed by atoms with Gasteiger partial charge in [0.15, 0.2) is 0 Å². The minimum atomic E-state index is -0.470. The maximum Gasteiger partial charge on any atom is 0.269 e. The van der Waals surface area contributed by atoms with Crippen molar-refractivity contribution in [3.63, 3.8) is 0 Å². The maximum atomic E-state index is 11.9. The monoisotopic (exact) mass is 312 g/mol. The van der Waals surface area contributed by atoms with Gasteiger partial charge in [0.05, 0.1) is 12.0 Å². The molecule has 0 saturated heterocycles. The Hall–Kier alpha value is -3.15. The standard InChI is InChI=1S/C17H16N2O4/c1-12-11-14(19(21)22)6-9-16(12)18-17(20)10-5-13-3-7-15(23-2)8-4-13/h3-11H,1-2H3,(H,18,20)/b10-5+. The number of carbonyl (C=O) groups excluding carboxylic acids is 1. The van der Waals surface area contributed by atoms with Crippen LogP contribution in [0.5, 0.6) is 5.75 Å². The summed E-state index contributed by atoms with van der Waals surface area (Å²) in [6.45, 7) is 1.70. The highest BCUT2D eigenvalue weighted by molar-refractivity contribution is 6.02. The molecule has 0 aliphatic rings. The molecule has 2 aromatic carbocycles. The smallest absolute Gasteiger partial charge is 0.269 e. The molecule has 0 bridgehead atoms. The average Bonchev–Trinajstić information content (AvgIpc) is 2.55. The zero-order valence-electron chi connectivity index (χ0n) is 12.8. The molecule has 6 heteroatoms. The molecule has 0 atom stereocenters. The molecule has 118 valence electrons. The number of anilines is 1. The van der Waals surface area contributed by atoms with E-state index in [2.05, 4.69) is 5.32 Å². The molecule has 0 fully saturated rings. The van der Waals surface area contributed by atoms with Crippen molar-refractivity contribution >= 4 is 23.4 Å². The molecule has 0 aromatic heterocycles. The molecule has 0 saturated carbocycles. The highest BCUT2D eigenvalue weighted by atomic mass is 16.6. The van der Waals surface area contributed by atoms with Crippen molar-refractivity contribution in [2.45, 2.75) is 6.92 Å². The zero-order chi connectivity index (χ0) is 16.8. The Morgan fingerprint density at radius 1 is 1.22 bits per heavy atom. The summed E-state index contributed by atoms with van der Waals surface area (Å²) >= 11 is 0. The molecule has 0 aliphatic heterocycles. The van der Waals surface area contributed by atoms with Gasteiger partial charge < -0.3 is 10.1 Å². The molecule has 1 N–H and O–H groups in total. The third-order valence-corrected chi connectivity index (χ3v) is 3.22. The van der Waals surface area contributed by atoms with E-state index in [9.17, 15) is 14.9 Å². The third kappa shape index (κ3) is 4.41. The van der Waals surface area contributed by atoms with Gasteiger partial charge in [-0.2, -0.15) is 0 Å². The fourth-order valence-corrected chi connectivity index (χ4v) is 1.96. The van der Waals surface area contributed by atoms with Crippen LogP contribution in [0.25, 0.3) is 6.08 Å². The Morgan fingerprint density at radius 3 is 2.48 bits per heavy atom. The minimum absolute atomic E-state index is 0.00530. The fraction of sp³-hybridized carbons (Fsp3) is 0.118. The van der Waals surface area contributed by atoms with Crippen LogP contribution in [0.1, 0.15) is 11.1 Å².